The van der Waals surface area contributed by atoms with E-state index in [1.54, 1.807) is 0 Å². The molecule has 0 nitrogen and oxygen atoms in total. The Morgan fingerprint density at radius 1 is 0.594 bits per heavy atom. The summed E-state index contributed by atoms with van der Waals surface area (Å²) in [6.07, 6.45) is 7.79. The lowest BCUT2D eigenvalue weighted by molar-refractivity contribution is 0.759. The number of benzene rings is 4. The fourth-order valence-electron chi connectivity index (χ4n) is 4.15. The second kappa shape index (κ2) is 10.8. The molecule has 1 atom stereocenters. The van der Waals surface area contributed by atoms with E-state index in [0.717, 1.165) is 12.8 Å². The van der Waals surface area contributed by atoms with Gasteiger partial charge in [0.05, 0.1) is 0 Å². The minimum atomic E-state index is 0.527. The molecule has 0 unspecified atom stereocenters. The van der Waals surface area contributed by atoms with Crippen LogP contribution in [-0.2, 0) is 12.8 Å². The topological polar surface area (TPSA) is 0 Å². The van der Waals surface area contributed by atoms with Crippen LogP contribution in [0.2, 0.25) is 0 Å². The average molecular weight is 417 g/mol. The van der Waals surface area contributed by atoms with E-state index in [1.165, 1.54) is 45.4 Å². The van der Waals surface area contributed by atoms with Crippen molar-refractivity contribution in [3.05, 3.63) is 131 Å². The molecule has 0 heteroatoms. The Morgan fingerprint density at radius 3 is 1.66 bits per heavy atom. The first-order chi connectivity index (χ1) is 15.7. The Kier molecular flexibility index (Phi) is 7.35. The Morgan fingerprint density at radius 2 is 1.09 bits per heavy atom. The lowest BCUT2D eigenvalue weighted by Gasteiger charge is -2.12. The molecule has 0 aromatic heterocycles. The summed E-state index contributed by atoms with van der Waals surface area (Å²) in [4.78, 5) is 0. The van der Waals surface area contributed by atoms with Crippen LogP contribution in [0, 0.1) is 0 Å². The molecule has 0 amide bonds. The molecule has 0 radical (unpaired) electrons. The molecule has 0 aliphatic carbocycles. The summed E-state index contributed by atoms with van der Waals surface area (Å²) in [6.45, 7) is 4.52. The molecule has 4 rings (SSSR count). The summed E-state index contributed by atoms with van der Waals surface area (Å²) >= 11 is 0. The lowest BCUT2D eigenvalue weighted by atomic mass is 9.93. The molecule has 0 spiro atoms. The van der Waals surface area contributed by atoms with Gasteiger partial charge < -0.3 is 0 Å². The van der Waals surface area contributed by atoms with Crippen molar-refractivity contribution in [3.63, 3.8) is 0 Å². The summed E-state index contributed by atoms with van der Waals surface area (Å²) in [6, 6.07) is 37.5. The molecule has 4 aromatic rings. The van der Waals surface area contributed by atoms with Gasteiger partial charge in [0.1, 0.15) is 0 Å². The van der Waals surface area contributed by atoms with E-state index < -0.39 is 0 Å². The van der Waals surface area contributed by atoms with Gasteiger partial charge in [0.25, 0.3) is 0 Å². The maximum atomic E-state index is 2.30. The minimum absolute atomic E-state index is 0.527. The van der Waals surface area contributed by atoms with Gasteiger partial charge in [-0.25, -0.2) is 0 Å². The van der Waals surface area contributed by atoms with Crippen LogP contribution in [0.5, 0.6) is 0 Å². The summed E-state index contributed by atoms with van der Waals surface area (Å²) in [5.74, 6) is 0.527. The molecule has 0 bridgehead atoms. The average Bonchev–Trinajstić information content (AvgIpc) is 2.85. The molecule has 32 heavy (non-hydrogen) atoms. The predicted molar refractivity (Wildman–Crippen MR) is 140 cm³/mol. The molecular formula is C32H32. The molecule has 160 valence electrons. The molecular weight excluding hydrogens is 384 g/mol. The zero-order chi connectivity index (χ0) is 22.2. The van der Waals surface area contributed by atoms with E-state index in [4.69, 9.17) is 0 Å². The Balaban J connectivity index is 1.36. The normalized spacial score (nSPS) is 12.2. The van der Waals surface area contributed by atoms with Crippen LogP contribution in [0.1, 0.15) is 54.0 Å². The van der Waals surface area contributed by atoms with E-state index in [0.29, 0.717) is 5.92 Å². The zero-order valence-electron chi connectivity index (χ0n) is 19.2. The fourth-order valence-corrected chi connectivity index (χ4v) is 4.15. The smallest absolute Gasteiger partial charge is 0.0150 e. The van der Waals surface area contributed by atoms with Gasteiger partial charge in [0.15, 0.2) is 0 Å². The highest BCUT2D eigenvalue weighted by atomic mass is 14.1. The molecule has 0 fully saturated rings. The highest BCUT2D eigenvalue weighted by Gasteiger charge is 2.06. The molecule has 0 aliphatic rings. The first-order valence-corrected chi connectivity index (χ1v) is 11.7. The van der Waals surface area contributed by atoms with Gasteiger partial charge in [-0.1, -0.05) is 136 Å². The number of hydrogen-bond acceptors (Lipinski definition) is 0. The number of aryl methyl sites for hydroxylation is 1. The Hall–Kier alpha value is -3.38. The predicted octanol–water partition coefficient (Wildman–Crippen LogP) is 8.82. The third-order valence-corrected chi connectivity index (χ3v) is 6.10. The summed E-state index contributed by atoms with van der Waals surface area (Å²) in [7, 11) is 0. The fraction of sp³-hybridized carbons (Fsp3) is 0.188. The van der Waals surface area contributed by atoms with Gasteiger partial charge in [-0.05, 0) is 57.7 Å². The van der Waals surface area contributed by atoms with Crippen molar-refractivity contribution in [2.45, 2.75) is 39.0 Å². The van der Waals surface area contributed by atoms with Crippen molar-refractivity contribution in [1.29, 1.82) is 0 Å². The summed E-state index contributed by atoms with van der Waals surface area (Å²) in [5.41, 5.74) is 9.19. The van der Waals surface area contributed by atoms with Crippen molar-refractivity contribution in [2.24, 2.45) is 0 Å². The van der Waals surface area contributed by atoms with E-state index in [9.17, 15) is 0 Å². The van der Waals surface area contributed by atoms with Gasteiger partial charge in [-0.3, -0.25) is 0 Å². The largest absolute Gasteiger partial charge is 0.0651 e. The van der Waals surface area contributed by atoms with Crippen molar-refractivity contribution < 1.29 is 0 Å². The highest BCUT2D eigenvalue weighted by molar-refractivity contribution is 5.72. The van der Waals surface area contributed by atoms with Crippen molar-refractivity contribution in [3.8, 4) is 11.1 Å². The second-order valence-electron chi connectivity index (χ2n) is 8.66. The zero-order valence-corrected chi connectivity index (χ0v) is 19.2. The molecule has 0 aliphatic heterocycles. The van der Waals surface area contributed by atoms with Gasteiger partial charge in [0, 0.05) is 0 Å². The molecule has 0 saturated carbocycles. The van der Waals surface area contributed by atoms with Crippen molar-refractivity contribution >= 4 is 12.2 Å². The Labute approximate surface area is 193 Å². The second-order valence-corrected chi connectivity index (χ2v) is 8.66. The summed E-state index contributed by atoms with van der Waals surface area (Å²) < 4.78 is 0. The van der Waals surface area contributed by atoms with Crippen molar-refractivity contribution in [2.75, 3.05) is 0 Å². The maximum Gasteiger partial charge on any atom is -0.0150 e. The third-order valence-electron chi connectivity index (χ3n) is 6.10. The van der Waals surface area contributed by atoms with E-state index >= 15 is 0 Å². The molecule has 0 heterocycles. The molecule has 0 N–H and O–H groups in total. The van der Waals surface area contributed by atoms with E-state index in [1.807, 2.05) is 0 Å². The first kappa shape index (κ1) is 21.8. The van der Waals surface area contributed by atoms with Crippen LogP contribution >= 0.6 is 0 Å². The van der Waals surface area contributed by atoms with Crippen molar-refractivity contribution in [1.82, 2.24) is 0 Å². The SMILES string of the molecule is CCCc1ccc(-c2ccc(C=Cc3ccc(C[C@H](C)c4ccccc4)cc3)cc2)cc1. The van der Waals surface area contributed by atoms with Crippen LogP contribution < -0.4 is 0 Å². The summed E-state index contributed by atoms with van der Waals surface area (Å²) in [5, 5.41) is 0. The highest BCUT2D eigenvalue weighted by Crippen LogP contribution is 2.23. The van der Waals surface area contributed by atoms with Gasteiger partial charge in [-0.2, -0.15) is 0 Å². The minimum Gasteiger partial charge on any atom is -0.0651 e. The van der Waals surface area contributed by atoms with Crippen LogP contribution in [0.25, 0.3) is 23.3 Å². The van der Waals surface area contributed by atoms with Gasteiger partial charge in [-0.15, -0.1) is 0 Å². The number of hydrogen-bond donors (Lipinski definition) is 0. The quantitative estimate of drug-likeness (QED) is 0.252. The van der Waals surface area contributed by atoms with E-state index in [-0.39, 0.29) is 0 Å². The lowest BCUT2D eigenvalue weighted by Crippen LogP contribution is -1.98. The van der Waals surface area contributed by atoms with Crippen LogP contribution in [0.4, 0.5) is 0 Å². The standard InChI is InChI=1S/C32H32/c1-3-7-26-16-20-31(21-17-26)32-22-18-28(19-23-32)11-10-27-12-14-29(15-13-27)24-25(2)30-8-5-4-6-9-30/h4-6,8-23,25H,3,7,24H2,1-2H3/t25-/m0/s1. The maximum absolute atomic E-state index is 2.30. The molecule has 4 aromatic carbocycles. The van der Waals surface area contributed by atoms with Crippen LogP contribution in [0.15, 0.2) is 103 Å². The van der Waals surface area contributed by atoms with Crippen LogP contribution in [0.3, 0.4) is 0 Å². The molecule has 0 saturated heterocycles. The number of rotatable bonds is 8. The monoisotopic (exact) mass is 416 g/mol. The van der Waals surface area contributed by atoms with Crippen LogP contribution in [-0.4, -0.2) is 0 Å². The van der Waals surface area contributed by atoms with E-state index in [2.05, 4.69) is 129 Å². The Bertz CT molecular complexity index is 1120. The first-order valence-electron chi connectivity index (χ1n) is 11.7. The van der Waals surface area contributed by atoms with Gasteiger partial charge in [0.2, 0.25) is 0 Å². The van der Waals surface area contributed by atoms with Gasteiger partial charge >= 0.3 is 0 Å². The third kappa shape index (κ3) is 5.86.